The second-order valence-corrected chi connectivity index (χ2v) is 7.21. The fourth-order valence-electron chi connectivity index (χ4n) is 2.53. The smallest absolute Gasteiger partial charge is 0.268 e. The van der Waals surface area contributed by atoms with Gasteiger partial charge in [0.15, 0.2) is 0 Å². The van der Waals surface area contributed by atoms with Crippen molar-refractivity contribution in [1.29, 1.82) is 0 Å². The van der Waals surface area contributed by atoms with Crippen LogP contribution in [0.5, 0.6) is 0 Å². The standard InChI is InChI=1S/C17H17NO3S/c1-12-7-9-14(10-8-12)22(20,21)18-11-16(13(2)19)15-5-3-4-6-17(15)18/h3-11,13,19H,1-2H3/t13-/m0/s1. The topological polar surface area (TPSA) is 59.3 Å². The van der Waals surface area contributed by atoms with Gasteiger partial charge in [-0.15, -0.1) is 0 Å². The Balaban J connectivity index is 2.27. The summed E-state index contributed by atoms with van der Waals surface area (Å²) in [5.41, 5.74) is 2.17. The van der Waals surface area contributed by atoms with Gasteiger partial charge in [0.25, 0.3) is 10.0 Å². The zero-order valence-electron chi connectivity index (χ0n) is 12.4. The zero-order valence-corrected chi connectivity index (χ0v) is 13.2. The number of benzene rings is 2. The van der Waals surface area contributed by atoms with Crippen molar-refractivity contribution in [3.05, 3.63) is 65.9 Å². The third kappa shape index (κ3) is 2.32. The zero-order chi connectivity index (χ0) is 15.9. The van der Waals surface area contributed by atoms with Crippen molar-refractivity contribution in [1.82, 2.24) is 3.97 Å². The Morgan fingerprint density at radius 3 is 2.32 bits per heavy atom. The molecule has 0 unspecified atom stereocenters. The average molecular weight is 315 g/mol. The van der Waals surface area contributed by atoms with E-state index >= 15 is 0 Å². The Morgan fingerprint density at radius 2 is 1.68 bits per heavy atom. The lowest BCUT2D eigenvalue weighted by molar-refractivity contribution is 0.201. The van der Waals surface area contributed by atoms with Crippen LogP contribution in [0.25, 0.3) is 10.9 Å². The number of aliphatic hydroxyl groups excluding tert-OH is 1. The van der Waals surface area contributed by atoms with Crippen molar-refractivity contribution in [3.63, 3.8) is 0 Å². The number of para-hydroxylation sites is 1. The van der Waals surface area contributed by atoms with Gasteiger partial charge in [-0.25, -0.2) is 12.4 Å². The molecule has 5 heteroatoms. The number of hydrogen-bond donors (Lipinski definition) is 1. The highest BCUT2D eigenvalue weighted by molar-refractivity contribution is 7.90. The maximum absolute atomic E-state index is 12.9. The molecule has 0 fully saturated rings. The van der Waals surface area contributed by atoms with Crippen LogP contribution in [0.15, 0.2) is 59.6 Å². The third-order valence-corrected chi connectivity index (χ3v) is 5.42. The molecule has 0 radical (unpaired) electrons. The molecule has 0 amide bonds. The molecule has 0 aliphatic carbocycles. The largest absolute Gasteiger partial charge is 0.389 e. The predicted octanol–water partition coefficient (Wildman–Crippen LogP) is 3.24. The molecule has 22 heavy (non-hydrogen) atoms. The molecule has 114 valence electrons. The van der Waals surface area contributed by atoms with Crippen molar-refractivity contribution in [2.75, 3.05) is 0 Å². The summed E-state index contributed by atoms with van der Waals surface area (Å²) < 4.78 is 27.0. The lowest BCUT2D eigenvalue weighted by atomic mass is 10.1. The molecule has 1 heterocycles. The predicted molar refractivity (Wildman–Crippen MR) is 86.3 cm³/mol. The van der Waals surface area contributed by atoms with Crippen LogP contribution < -0.4 is 0 Å². The number of aliphatic hydroxyl groups is 1. The van der Waals surface area contributed by atoms with E-state index in [1.54, 1.807) is 43.3 Å². The minimum Gasteiger partial charge on any atom is -0.389 e. The van der Waals surface area contributed by atoms with Gasteiger partial charge in [-0.3, -0.25) is 0 Å². The van der Waals surface area contributed by atoms with Crippen LogP contribution in [0.1, 0.15) is 24.2 Å². The highest BCUT2D eigenvalue weighted by Crippen LogP contribution is 2.29. The van der Waals surface area contributed by atoms with Crippen molar-refractivity contribution in [3.8, 4) is 0 Å². The first-order valence-corrected chi connectivity index (χ1v) is 8.45. The van der Waals surface area contributed by atoms with Gasteiger partial charge in [0.2, 0.25) is 0 Å². The van der Waals surface area contributed by atoms with E-state index in [-0.39, 0.29) is 4.90 Å². The summed E-state index contributed by atoms with van der Waals surface area (Å²) in [6.45, 7) is 3.54. The molecule has 0 bridgehead atoms. The van der Waals surface area contributed by atoms with Crippen LogP contribution >= 0.6 is 0 Å². The van der Waals surface area contributed by atoms with Crippen molar-refractivity contribution in [2.45, 2.75) is 24.8 Å². The van der Waals surface area contributed by atoms with E-state index < -0.39 is 16.1 Å². The van der Waals surface area contributed by atoms with E-state index in [1.807, 2.05) is 19.1 Å². The van der Waals surface area contributed by atoms with Gasteiger partial charge in [0.1, 0.15) is 0 Å². The monoisotopic (exact) mass is 315 g/mol. The first-order valence-electron chi connectivity index (χ1n) is 7.01. The molecule has 0 spiro atoms. The van der Waals surface area contributed by atoms with Gasteiger partial charge in [0.05, 0.1) is 16.5 Å². The van der Waals surface area contributed by atoms with E-state index in [1.165, 1.54) is 10.2 Å². The number of fused-ring (bicyclic) bond motifs is 1. The van der Waals surface area contributed by atoms with E-state index in [0.29, 0.717) is 11.1 Å². The van der Waals surface area contributed by atoms with Crippen LogP contribution in [0.2, 0.25) is 0 Å². The molecular formula is C17H17NO3S. The van der Waals surface area contributed by atoms with Crippen LogP contribution in [0.3, 0.4) is 0 Å². The highest BCUT2D eigenvalue weighted by Gasteiger charge is 2.22. The number of aryl methyl sites for hydroxylation is 1. The summed E-state index contributed by atoms with van der Waals surface area (Å²) in [7, 11) is -3.69. The van der Waals surface area contributed by atoms with Gasteiger partial charge < -0.3 is 5.11 Å². The molecule has 0 aliphatic heterocycles. The van der Waals surface area contributed by atoms with Crippen LogP contribution in [0, 0.1) is 6.92 Å². The number of rotatable bonds is 3. The first kappa shape index (κ1) is 14.8. The fraction of sp³-hybridized carbons (Fsp3) is 0.176. The number of nitrogens with zero attached hydrogens (tertiary/aromatic N) is 1. The highest BCUT2D eigenvalue weighted by atomic mass is 32.2. The number of aromatic nitrogens is 1. The normalized spacial score (nSPS) is 13.4. The minimum atomic E-state index is -3.69. The molecule has 0 saturated heterocycles. The Labute approximate surface area is 129 Å². The second kappa shape index (κ2) is 5.26. The van der Waals surface area contributed by atoms with Gasteiger partial charge in [0, 0.05) is 17.1 Å². The third-order valence-electron chi connectivity index (χ3n) is 3.74. The SMILES string of the molecule is Cc1ccc(S(=O)(=O)n2cc([C@H](C)O)c3ccccc32)cc1. The van der Waals surface area contributed by atoms with Crippen LogP contribution in [-0.4, -0.2) is 17.5 Å². The second-order valence-electron chi connectivity index (χ2n) is 5.39. The van der Waals surface area contributed by atoms with Crippen LogP contribution in [-0.2, 0) is 10.0 Å². The minimum absolute atomic E-state index is 0.232. The Morgan fingerprint density at radius 1 is 1.05 bits per heavy atom. The summed E-state index contributed by atoms with van der Waals surface area (Å²) in [6, 6.07) is 13.9. The van der Waals surface area contributed by atoms with Crippen molar-refractivity contribution >= 4 is 20.9 Å². The summed E-state index contributed by atoms with van der Waals surface area (Å²) in [5.74, 6) is 0. The van der Waals surface area contributed by atoms with E-state index in [4.69, 9.17) is 0 Å². The molecule has 3 rings (SSSR count). The van der Waals surface area contributed by atoms with Gasteiger partial charge in [-0.05, 0) is 32.0 Å². The molecule has 1 aromatic heterocycles. The summed E-state index contributed by atoms with van der Waals surface area (Å²) in [6.07, 6.45) is 0.768. The molecular weight excluding hydrogens is 298 g/mol. The van der Waals surface area contributed by atoms with E-state index in [2.05, 4.69) is 0 Å². The van der Waals surface area contributed by atoms with E-state index in [0.717, 1.165) is 10.9 Å². The van der Waals surface area contributed by atoms with Gasteiger partial charge in [-0.2, -0.15) is 0 Å². The van der Waals surface area contributed by atoms with Gasteiger partial charge >= 0.3 is 0 Å². The molecule has 0 saturated carbocycles. The van der Waals surface area contributed by atoms with Crippen LogP contribution in [0.4, 0.5) is 0 Å². The molecule has 1 N–H and O–H groups in total. The Bertz CT molecular complexity index is 922. The maximum Gasteiger partial charge on any atom is 0.268 e. The Kier molecular flexibility index (Phi) is 3.54. The summed E-state index contributed by atoms with van der Waals surface area (Å²) in [5, 5.41) is 10.6. The summed E-state index contributed by atoms with van der Waals surface area (Å²) >= 11 is 0. The maximum atomic E-state index is 12.9. The average Bonchev–Trinajstić information content (AvgIpc) is 2.88. The molecule has 1 atom stereocenters. The molecule has 0 aliphatic rings. The lowest BCUT2D eigenvalue weighted by Gasteiger charge is -2.07. The van der Waals surface area contributed by atoms with Crippen molar-refractivity contribution in [2.24, 2.45) is 0 Å². The molecule has 3 aromatic rings. The van der Waals surface area contributed by atoms with Gasteiger partial charge in [-0.1, -0.05) is 35.9 Å². The first-order chi connectivity index (χ1) is 10.4. The summed E-state index contributed by atoms with van der Waals surface area (Å²) in [4.78, 5) is 0.232. The molecule has 2 aromatic carbocycles. The van der Waals surface area contributed by atoms with Crippen molar-refractivity contribution < 1.29 is 13.5 Å². The number of hydrogen-bond acceptors (Lipinski definition) is 3. The Hall–Kier alpha value is -2.11. The molecule has 4 nitrogen and oxygen atoms in total. The van der Waals surface area contributed by atoms with E-state index in [9.17, 15) is 13.5 Å². The quantitative estimate of drug-likeness (QED) is 0.807. The fourth-order valence-corrected chi connectivity index (χ4v) is 3.91. The lowest BCUT2D eigenvalue weighted by Crippen LogP contribution is -2.11.